The lowest BCUT2D eigenvalue weighted by Crippen LogP contribution is -2.13. The summed E-state index contributed by atoms with van der Waals surface area (Å²) in [6.45, 7) is 0. The third-order valence-corrected chi connectivity index (χ3v) is 4.07. The molecule has 2 rings (SSSR count). The zero-order valence-electron chi connectivity index (χ0n) is 7.14. The summed E-state index contributed by atoms with van der Waals surface area (Å²) in [4.78, 5) is 3.79. The highest BCUT2D eigenvalue weighted by atomic mass is 127. The fraction of sp³-hybridized carbons (Fsp3) is 0. The predicted octanol–water partition coefficient (Wildman–Crippen LogP) is 0.785. The molecule has 0 amide bonds. The number of sulfonamides is 1. The number of primary sulfonamides is 1. The topological polar surface area (TPSA) is 102 Å². The molecule has 0 aromatic carbocycles. The highest BCUT2D eigenvalue weighted by molar-refractivity contribution is 14.1. The summed E-state index contributed by atoms with van der Waals surface area (Å²) >= 11 is 3.69. The maximum absolute atomic E-state index is 10.9. The SMILES string of the molecule is NS(=O)(=O)c1nc(-c2csc(I)c2)n[nH]1. The zero-order chi connectivity index (χ0) is 11.1. The fourth-order valence-electron chi connectivity index (χ4n) is 0.931. The van der Waals surface area contributed by atoms with Gasteiger partial charge in [0.05, 0.1) is 2.88 Å². The number of nitrogens with zero attached hydrogens (tertiary/aromatic N) is 2. The molecule has 0 bridgehead atoms. The monoisotopic (exact) mass is 356 g/mol. The van der Waals surface area contributed by atoms with Crippen LogP contribution in [0.5, 0.6) is 0 Å². The molecule has 2 aromatic rings. The summed E-state index contributed by atoms with van der Waals surface area (Å²) in [6, 6.07) is 1.86. The van der Waals surface area contributed by atoms with Crippen molar-refractivity contribution in [1.29, 1.82) is 0 Å². The van der Waals surface area contributed by atoms with Crippen LogP contribution in [0.15, 0.2) is 16.6 Å². The predicted molar refractivity (Wildman–Crippen MR) is 63.8 cm³/mol. The van der Waals surface area contributed by atoms with Gasteiger partial charge >= 0.3 is 0 Å². The van der Waals surface area contributed by atoms with Crippen LogP contribution < -0.4 is 5.14 Å². The third-order valence-electron chi connectivity index (χ3n) is 1.56. The van der Waals surface area contributed by atoms with E-state index in [1.165, 1.54) is 11.3 Å². The minimum absolute atomic E-state index is 0.321. The van der Waals surface area contributed by atoms with Crippen LogP contribution in [0.25, 0.3) is 11.4 Å². The van der Waals surface area contributed by atoms with Gasteiger partial charge in [-0.3, -0.25) is 0 Å². The largest absolute Gasteiger partial charge is 0.273 e. The Morgan fingerprint density at radius 3 is 2.73 bits per heavy atom. The summed E-state index contributed by atoms with van der Waals surface area (Å²) < 4.78 is 22.9. The first-order valence-electron chi connectivity index (χ1n) is 3.66. The molecule has 3 N–H and O–H groups in total. The molecular formula is C6H5IN4O2S2. The Hall–Kier alpha value is -0.520. The van der Waals surface area contributed by atoms with E-state index in [4.69, 9.17) is 5.14 Å². The van der Waals surface area contributed by atoms with Crippen molar-refractivity contribution in [1.82, 2.24) is 15.2 Å². The van der Waals surface area contributed by atoms with Gasteiger partial charge in [0.2, 0.25) is 0 Å². The van der Waals surface area contributed by atoms with Gasteiger partial charge in [0.25, 0.3) is 15.2 Å². The number of nitrogens with one attached hydrogen (secondary N) is 1. The third kappa shape index (κ3) is 2.35. The van der Waals surface area contributed by atoms with Crippen molar-refractivity contribution in [3.05, 3.63) is 14.3 Å². The Morgan fingerprint density at radius 1 is 1.53 bits per heavy atom. The van der Waals surface area contributed by atoms with Crippen LogP contribution in [-0.2, 0) is 10.0 Å². The number of aromatic nitrogens is 3. The summed E-state index contributed by atoms with van der Waals surface area (Å²) in [5.74, 6) is 0.332. The molecule has 2 heterocycles. The Labute approximate surface area is 103 Å². The first-order chi connectivity index (χ1) is 6.97. The minimum atomic E-state index is -3.81. The fourth-order valence-corrected chi connectivity index (χ4v) is 2.64. The Balaban J connectivity index is 2.44. The van der Waals surface area contributed by atoms with E-state index < -0.39 is 10.0 Å². The van der Waals surface area contributed by atoms with Crippen molar-refractivity contribution >= 4 is 44.0 Å². The second-order valence-corrected chi connectivity index (χ2v) is 6.93. The van der Waals surface area contributed by atoms with E-state index in [1.807, 2.05) is 11.4 Å². The average Bonchev–Trinajstić information content (AvgIpc) is 2.69. The van der Waals surface area contributed by atoms with Crippen molar-refractivity contribution in [3.8, 4) is 11.4 Å². The van der Waals surface area contributed by atoms with E-state index in [-0.39, 0.29) is 5.16 Å². The Kier molecular flexibility index (Phi) is 2.79. The zero-order valence-corrected chi connectivity index (χ0v) is 10.9. The number of H-pyrrole nitrogens is 1. The molecule has 0 aliphatic rings. The van der Waals surface area contributed by atoms with Crippen molar-refractivity contribution in [3.63, 3.8) is 0 Å². The maximum Gasteiger partial charge on any atom is 0.273 e. The standard InChI is InChI=1S/C6H5IN4O2S2/c7-4-1-3(2-14-4)5-9-6(11-10-5)15(8,12)13/h1-2H,(H2,8,12,13)(H,9,10,11). The van der Waals surface area contributed by atoms with Gasteiger partial charge in [0.1, 0.15) is 0 Å². The van der Waals surface area contributed by atoms with Gasteiger partial charge in [-0.2, -0.15) is 10.1 Å². The lowest BCUT2D eigenvalue weighted by Gasteiger charge is -1.87. The molecule has 0 aliphatic carbocycles. The van der Waals surface area contributed by atoms with Crippen LogP contribution in [0, 0.1) is 2.88 Å². The molecule has 0 radical (unpaired) electrons. The summed E-state index contributed by atoms with van der Waals surface area (Å²) in [6.07, 6.45) is 0. The van der Waals surface area contributed by atoms with Crippen LogP contribution >= 0.6 is 33.9 Å². The van der Waals surface area contributed by atoms with E-state index in [0.29, 0.717) is 5.82 Å². The van der Waals surface area contributed by atoms with Crippen molar-refractivity contribution in [2.75, 3.05) is 0 Å². The van der Waals surface area contributed by atoms with Crippen LogP contribution in [0.4, 0.5) is 0 Å². The van der Waals surface area contributed by atoms with Crippen LogP contribution in [0.1, 0.15) is 0 Å². The summed E-state index contributed by atoms with van der Waals surface area (Å²) in [5.41, 5.74) is 0.774. The van der Waals surface area contributed by atoms with E-state index in [9.17, 15) is 8.42 Å². The van der Waals surface area contributed by atoms with Gasteiger partial charge in [-0.15, -0.1) is 11.3 Å². The number of thiophene rings is 1. The Morgan fingerprint density at radius 2 is 2.27 bits per heavy atom. The molecule has 80 valence electrons. The smallest absolute Gasteiger partial charge is 0.248 e. The van der Waals surface area contributed by atoms with E-state index in [1.54, 1.807) is 0 Å². The van der Waals surface area contributed by atoms with Gasteiger partial charge < -0.3 is 0 Å². The van der Waals surface area contributed by atoms with Gasteiger partial charge in [-0.25, -0.2) is 18.7 Å². The average molecular weight is 356 g/mol. The summed E-state index contributed by atoms with van der Waals surface area (Å²) in [7, 11) is -3.81. The molecular weight excluding hydrogens is 351 g/mol. The molecule has 0 saturated carbocycles. The quantitative estimate of drug-likeness (QED) is 0.777. The molecule has 6 nitrogen and oxygen atoms in total. The molecule has 0 spiro atoms. The molecule has 15 heavy (non-hydrogen) atoms. The molecule has 0 aliphatic heterocycles. The van der Waals surface area contributed by atoms with E-state index in [0.717, 1.165) is 8.45 Å². The lowest BCUT2D eigenvalue weighted by atomic mass is 10.3. The first-order valence-corrected chi connectivity index (χ1v) is 7.17. The van der Waals surface area contributed by atoms with E-state index >= 15 is 0 Å². The van der Waals surface area contributed by atoms with Gasteiger partial charge in [-0.05, 0) is 28.7 Å². The molecule has 2 aromatic heterocycles. The lowest BCUT2D eigenvalue weighted by molar-refractivity contribution is 0.589. The molecule has 0 atom stereocenters. The number of rotatable bonds is 2. The highest BCUT2D eigenvalue weighted by Crippen LogP contribution is 2.24. The van der Waals surface area contributed by atoms with E-state index in [2.05, 4.69) is 37.8 Å². The maximum atomic E-state index is 10.9. The molecule has 0 fully saturated rings. The number of hydrogen-bond donors (Lipinski definition) is 2. The van der Waals surface area contributed by atoms with Gasteiger partial charge in [-0.1, -0.05) is 0 Å². The van der Waals surface area contributed by atoms with Crippen LogP contribution in [0.3, 0.4) is 0 Å². The molecule has 0 unspecified atom stereocenters. The van der Waals surface area contributed by atoms with Gasteiger partial charge in [0, 0.05) is 10.9 Å². The second-order valence-electron chi connectivity index (χ2n) is 2.65. The number of halogens is 1. The number of hydrogen-bond acceptors (Lipinski definition) is 5. The highest BCUT2D eigenvalue weighted by Gasteiger charge is 2.15. The first kappa shape index (κ1) is 11.0. The number of aromatic amines is 1. The molecule has 0 saturated heterocycles. The normalized spacial score (nSPS) is 11.9. The minimum Gasteiger partial charge on any atom is -0.248 e. The van der Waals surface area contributed by atoms with Crippen molar-refractivity contribution in [2.24, 2.45) is 5.14 Å². The van der Waals surface area contributed by atoms with Crippen molar-refractivity contribution in [2.45, 2.75) is 5.16 Å². The van der Waals surface area contributed by atoms with Crippen LogP contribution in [0.2, 0.25) is 0 Å². The Bertz CT molecular complexity index is 588. The van der Waals surface area contributed by atoms with Crippen molar-refractivity contribution < 1.29 is 8.42 Å². The summed E-state index contributed by atoms with van der Waals surface area (Å²) in [5, 5.41) is 12.5. The van der Waals surface area contributed by atoms with Gasteiger partial charge in [0.15, 0.2) is 5.82 Å². The molecule has 9 heteroatoms. The second kappa shape index (κ2) is 3.81. The van der Waals surface area contributed by atoms with Crippen LogP contribution in [-0.4, -0.2) is 23.6 Å². The number of nitrogens with two attached hydrogens (primary N) is 1.